The minimum atomic E-state index is -0.532. The van der Waals surface area contributed by atoms with Crippen molar-refractivity contribution < 1.29 is 9.21 Å². The minimum absolute atomic E-state index is 0.140. The molecule has 150 valence electrons. The number of pyridine rings is 1. The molecular formula is C23H25N3O3. The predicted octanol–water partition coefficient (Wildman–Crippen LogP) is 3.38. The van der Waals surface area contributed by atoms with Crippen molar-refractivity contribution in [2.45, 2.75) is 26.8 Å². The third kappa shape index (κ3) is 3.34. The van der Waals surface area contributed by atoms with Crippen molar-refractivity contribution in [2.75, 3.05) is 26.2 Å². The Balaban J connectivity index is 1.87. The van der Waals surface area contributed by atoms with Crippen molar-refractivity contribution in [3.05, 3.63) is 75.4 Å². The van der Waals surface area contributed by atoms with Gasteiger partial charge in [-0.2, -0.15) is 0 Å². The molecule has 1 aliphatic heterocycles. The van der Waals surface area contributed by atoms with E-state index in [4.69, 9.17) is 4.42 Å². The summed E-state index contributed by atoms with van der Waals surface area (Å²) in [7, 11) is 0. The molecule has 3 aromatic rings. The Morgan fingerprint density at radius 3 is 2.62 bits per heavy atom. The van der Waals surface area contributed by atoms with Crippen molar-refractivity contribution in [1.82, 2.24) is 14.8 Å². The molecule has 0 radical (unpaired) electrons. The van der Waals surface area contributed by atoms with E-state index in [1.54, 1.807) is 17.2 Å². The zero-order valence-electron chi connectivity index (χ0n) is 17.0. The van der Waals surface area contributed by atoms with E-state index >= 15 is 0 Å². The Morgan fingerprint density at radius 2 is 1.93 bits per heavy atom. The summed E-state index contributed by atoms with van der Waals surface area (Å²) in [6.45, 7) is 9.16. The van der Waals surface area contributed by atoms with Crippen LogP contribution in [0.2, 0.25) is 0 Å². The van der Waals surface area contributed by atoms with Crippen LogP contribution in [0.1, 0.15) is 47.3 Å². The van der Waals surface area contributed by atoms with Crippen molar-refractivity contribution in [2.24, 2.45) is 0 Å². The van der Waals surface area contributed by atoms with Gasteiger partial charge in [0.05, 0.1) is 16.6 Å². The van der Waals surface area contributed by atoms with E-state index in [-0.39, 0.29) is 17.1 Å². The third-order valence-corrected chi connectivity index (χ3v) is 5.64. The molecule has 0 unspecified atom stereocenters. The van der Waals surface area contributed by atoms with Gasteiger partial charge in [-0.3, -0.25) is 14.6 Å². The molecule has 3 heterocycles. The summed E-state index contributed by atoms with van der Waals surface area (Å²) in [6.07, 6.45) is 1.69. The molecule has 1 aromatic carbocycles. The lowest BCUT2D eigenvalue weighted by Gasteiger charge is -2.27. The number of hydrogen-bond donors (Lipinski definition) is 0. The molecule has 0 aliphatic carbocycles. The third-order valence-electron chi connectivity index (χ3n) is 5.64. The minimum Gasteiger partial charge on any atom is -0.450 e. The highest BCUT2D eigenvalue weighted by Crippen LogP contribution is 2.37. The van der Waals surface area contributed by atoms with Crippen LogP contribution in [0.15, 0.2) is 51.8 Å². The van der Waals surface area contributed by atoms with Gasteiger partial charge in [-0.1, -0.05) is 31.5 Å². The fraction of sp³-hybridized carbons (Fsp3) is 0.348. The highest BCUT2D eigenvalue weighted by Gasteiger charge is 2.43. The van der Waals surface area contributed by atoms with Gasteiger partial charge in [0.25, 0.3) is 5.91 Å². The van der Waals surface area contributed by atoms with Gasteiger partial charge in [0, 0.05) is 19.3 Å². The highest BCUT2D eigenvalue weighted by atomic mass is 16.3. The maximum Gasteiger partial charge on any atom is 0.291 e. The Labute approximate surface area is 169 Å². The van der Waals surface area contributed by atoms with Gasteiger partial charge < -0.3 is 14.2 Å². The summed E-state index contributed by atoms with van der Waals surface area (Å²) in [5.41, 5.74) is 2.34. The maximum absolute atomic E-state index is 13.4. The van der Waals surface area contributed by atoms with Crippen molar-refractivity contribution >= 4 is 16.9 Å². The van der Waals surface area contributed by atoms with E-state index in [1.807, 2.05) is 37.3 Å². The quantitative estimate of drug-likeness (QED) is 0.644. The molecule has 1 aliphatic rings. The van der Waals surface area contributed by atoms with Gasteiger partial charge in [0.15, 0.2) is 5.43 Å². The molecule has 0 fully saturated rings. The first-order chi connectivity index (χ1) is 14.0. The second kappa shape index (κ2) is 7.79. The molecule has 0 saturated carbocycles. The summed E-state index contributed by atoms with van der Waals surface area (Å²) in [5, 5.41) is 0.503. The Kier molecular flexibility index (Phi) is 5.20. The molecule has 0 bridgehead atoms. The van der Waals surface area contributed by atoms with Crippen LogP contribution in [0.25, 0.3) is 11.0 Å². The molecule has 1 atom stereocenters. The van der Waals surface area contributed by atoms with Crippen molar-refractivity contribution in [3.8, 4) is 0 Å². The number of carbonyl (C=O) groups is 1. The van der Waals surface area contributed by atoms with E-state index in [0.717, 1.165) is 25.2 Å². The zero-order chi connectivity index (χ0) is 20.5. The zero-order valence-corrected chi connectivity index (χ0v) is 17.0. The van der Waals surface area contributed by atoms with E-state index in [9.17, 15) is 9.59 Å². The summed E-state index contributed by atoms with van der Waals surface area (Å²) in [4.78, 5) is 35.1. The van der Waals surface area contributed by atoms with Gasteiger partial charge in [0.1, 0.15) is 11.6 Å². The Bertz CT molecular complexity index is 1100. The normalized spacial score (nSPS) is 16.1. The molecule has 4 rings (SSSR count). The first-order valence-electron chi connectivity index (χ1n) is 10.1. The van der Waals surface area contributed by atoms with E-state index in [1.165, 1.54) is 0 Å². The van der Waals surface area contributed by atoms with Crippen LogP contribution in [0.5, 0.6) is 0 Å². The number of hydrogen-bond acceptors (Lipinski definition) is 5. The summed E-state index contributed by atoms with van der Waals surface area (Å²) in [6, 6.07) is 10.5. The molecular weight excluding hydrogens is 366 g/mol. The fourth-order valence-electron chi connectivity index (χ4n) is 4.00. The first kappa shape index (κ1) is 19.3. The van der Waals surface area contributed by atoms with Gasteiger partial charge in [-0.15, -0.1) is 0 Å². The number of rotatable bonds is 6. The van der Waals surface area contributed by atoms with Gasteiger partial charge in [0.2, 0.25) is 5.76 Å². The molecule has 6 nitrogen and oxygen atoms in total. The lowest BCUT2D eigenvalue weighted by Crippen LogP contribution is -2.38. The van der Waals surface area contributed by atoms with Crippen LogP contribution in [0, 0.1) is 6.92 Å². The van der Waals surface area contributed by atoms with E-state index < -0.39 is 6.04 Å². The molecule has 6 heteroatoms. The number of aromatic nitrogens is 1. The largest absolute Gasteiger partial charge is 0.450 e. The number of benzene rings is 1. The van der Waals surface area contributed by atoms with E-state index in [2.05, 4.69) is 23.7 Å². The number of likely N-dealkylation sites (N-methyl/N-ethyl adjacent to an activating group) is 1. The molecule has 1 amide bonds. The van der Waals surface area contributed by atoms with Crippen molar-refractivity contribution in [1.29, 1.82) is 0 Å². The molecule has 29 heavy (non-hydrogen) atoms. The predicted molar refractivity (Wildman–Crippen MR) is 112 cm³/mol. The monoisotopic (exact) mass is 391 g/mol. The fourth-order valence-corrected chi connectivity index (χ4v) is 4.00. The maximum atomic E-state index is 13.4. The molecule has 0 N–H and O–H groups in total. The lowest BCUT2D eigenvalue weighted by atomic mass is 10.0. The Hall–Kier alpha value is -2.99. The SMILES string of the molecule is CCN(CC)CCN1C(=O)c2oc3ccc(C)cc3c(=O)c2[C@H]1c1ccccn1. The molecule has 2 aromatic heterocycles. The highest BCUT2D eigenvalue weighted by molar-refractivity contribution is 5.99. The van der Waals surface area contributed by atoms with Crippen molar-refractivity contribution in [3.63, 3.8) is 0 Å². The van der Waals surface area contributed by atoms with Crippen LogP contribution in [-0.2, 0) is 0 Å². The summed E-state index contributed by atoms with van der Waals surface area (Å²) >= 11 is 0. The Morgan fingerprint density at radius 1 is 1.14 bits per heavy atom. The summed E-state index contributed by atoms with van der Waals surface area (Å²) in [5.74, 6) is -0.107. The first-order valence-corrected chi connectivity index (χ1v) is 10.1. The molecule has 0 saturated heterocycles. The van der Waals surface area contributed by atoms with Crippen LogP contribution in [0.4, 0.5) is 0 Å². The van der Waals surface area contributed by atoms with Crippen LogP contribution in [0.3, 0.4) is 0 Å². The van der Waals surface area contributed by atoms with Gasteiger partial charge in [-0.05, 0) is 44.3 Å². The number of nitrogens with zero attached hydrogens (tertiary/aromatic N) is 3. The number of carbonyl (C=O) groups excluding carboxylic acids is 1. The topological polar surface area (TPSA) is 66.7 Å². The number of fused-ring (bicyclic) bond motifs is 2. The van der Waals surface area contributed by atoms with Gasteiger partial charge in [-0.25, -0.2) is 0 Å². The van der Waals surface area contributed by atoms with Gasteiger partial charge >= 0.3 is 0 Å². The second-order valence-corrected chi connectivity index (χ2v) is 7.36. The lowest BCUT2D eigenvalue weighted by molar-refractivity contribution is 0.0705. The smallest absolute Gasteiger partial charge is 0.291 e. The average molecular weight is 391 g/mol. The van der Waals surface area contributed by atoms with Crippen LogP contribution >= 0.6 is 0 Å². The van der Waals surface area contributed by atoms with E-state index in [0.29, 0.717) is 28.8 Å². The average Bonchev–Trinajstić information content (AvgIpc) is 3.02. The number of amides is 1. The van der Waals surface area contributed by atoms with Crippen LogP contribution < -0.4 is 5.43 Å². The van der Waals surface area contributed by atoms with Crippen LogP contribution in [-0.4, -0.2) is 46.9 Å². The molecule has 0 spiro atoms. The second-order valence-electron chi connectivity index (χ2n) is 7.36. The summed E-state index contributed by atoms with van der Waals surface area (Å²) < 4.78 is 5.96. The number of aryl methyl sites for hydroxylation is 1. The standard InChI is InChI=1S/C23H25N3O3/c1-4-25(5-2)12-13-26-20(17-8-6-7-11-24-17)19-21(27)16-14-15(3)9-10-18(16)29-22(19)23(26)28/h6-11,14,20H,4-5,12-13H2,1-3H3/t20-/m1/s1.